The fourth-order valence-corrected chi connectivity index (χ4v) is 0.846. The van der Waals surface area contributed by atoms with E-state index in [1.165, 1.54) is 6.92 Å². The molecule has 0 aromatic rings. The van der Waals surface area contributed by atoms with Crippen molar-refractivity contribution in [3.8, 4) is 0 Å². The van der Waals surface area contributed by atoms with Gasteiger partial charge < -0.3 is 9.64 Å². The standard InChI is InChI=1S/C8H13F2NO3/c1-3-11(8(13)7(9)10)5-6(12)14-4-2/h7H,3-5H2,1-2H3. The summed E-state index contributed by atoms with van der Waals surface area (Å²) in [7, 11) is 0. The highest BCUT2D eigenvalue weighted by molar-refractivity contribution is 5.84. The molecule has 82 valence electrons. The first-order chi connectivity index (χ1) is 6.52. The second kappa shape index (κ2) is 6.28. The second-order valence-electron chi connectivity index (χ2n) is 2.46. The molecular weight excluding hydrogens is 196 g/mol. The Labute approximate surface area is 80.8 Å². The molecule has 0 aromatic carbocycles. The minimum atomic E-state index is -3.08. The normalized spacial score (nSPS) is 10.1. The van der Waals surface area contributed by atoms with E-state index < -0.39 is 24.8 Å². The minimum absolute atomic E-state index is 0.0575. The monoisotopic (exact) mass is 209 g/mol. The second-order valence-corrected chi connectivity index (χ2v) is 2.46. The summed E-state index contributed by atoms with van der Waals surface area (Å²) in [5.41, 5.74) is 0. The lowest BCUT2D eigenvalue weighted by Gasteiger charge is -2.18. The molecule has 4 nitrogen and oxygen atoms in total. The SMILES string of the molecule is CCOC(=O)CN(CC)C(=O)C(F)F. The number of carbonyl (C=O) groups excluding carboxylic acids is 2. The van der Waals surface area contributed by atoms with Crippen molar-refractivity contribution < 1.29 is 23.1 Å². The molecule has 0 saturated heterocycles. The molecule has 0 atom stereocenters. The van der Waals surface area contributed by atoms with E-state index in [0.717, 1.165) is 4.90 Å². The number of likely N-dealkylation sites (N-methyl/N-ethyl adjacent to an activating group) is 1. The molecule has 0 aromatic heterocycles. The van der Waals surface area contributed by atoms with Gasteiger partial charge in [0.1, 0.15) is 6.54 Å². The van der Waals surface area contributed by atoms with Crippen molar-refractivity contribution in [1.82, 2.24) is 4.90 Å². The number of nitrogens with zero attached hydrogens (tertiary/aromatic N) is 1. The third-order valence-electron chi connectivity index (χ3n) is 1.51. The van der Waals surface area contributed by atoms with Gasteiger partial charge in [0.25, 0.3) is 5.91 Å². The lowest BCUT2D eigenvalue weighted by atomic mass is 10.4. The molecule has 0 saturated carbocycles. The lowest BCUT2D eigenvalue weighted by Crippen LogP contribution is -2.39. The number of carbonyl (C=O) groups is 2. The zero-order chi connectivity index (χ0) is 11.1. The molecule has 1 amide bonds. The number of rotatable bonds is 5. The van der Waals surface area contributed by atoms with E-state index in [9.17, 15) is 18.4 Å². The molecule has 0 unspecified atom stereocenters. The molecule has 0 rings (SSSR count). The third kappa shape index (κ3) is 4.15. The van der Waals surface area contributed by atoms with E-state index in [1.54, 1.807) is 6.92 Å². The number of halogens is 2. The van der Waals surface area contributed by atoms with E-state index in [-0.39, 0.29) is 13.2 Å². The van der Waals surface area contributed by atoms with Crippen LogP contribution in [-0.4, -0.2) is 42.9 Å². The predicted molar refractivity (Wildman–Crippen MR) is 44.9 cm³/mol. The Balaban J connectivity index is 4.15. The third-order valence-corrected chi connectivity index (χ3v) is 1.51. The van der Waals surface area contributed by atoms with Gasteiger partial charge in [-0.1, -0.05) is 0 Å². The van der Waals surface area contributed by atoms with Crippen molar-refractivity contribution in [2.45, 2.75) is 20.3 Å². The fourth-order valence-electron chi connectivity index (χ4n) is 0.846. The van der Waals surface area contributed by atoms with Crippen LogP contribution >= 0.6 is 0 Å². The molecule has 0 N–H and O–H groups in total. The van der Waals surface area contributed by atoms with Crippen molar-refractivity contribution >= 4 is 11.9 Å². The van der Waals surface area contributed by atoms with Crippen LogP contribution in [0.25, 0.3) is 0 Å². The topological polar surface area (TPSA) is 46.6 Å². The van der Waals surface area contributed by atoms with Crippen LogP contribution in [0.5, 0.6) is 0 Å². The summed E-state index contributed by atoms with van der Waals surface area (Å²) in [6.45, 7) is 2.91. The first-order valence-electron chi connectivity index (χ1n) is 4.25. The smallest absolute Gasteiger partial charge is 0.325 e. The molecule has 0 aliphatic heterocycles. The van der Waals surface area contributed by atoms with Crippen molar-refractivity contribution in [3.05, 3.63) is 0 Å². The molecule has 0 spiro atoms. The van der Waals surface area contributed by atoms with Crippen LogP contribution in [0, 0.1) is 0 Å². The molecule has 0 aliphatic carbocycles. The average molecular weight is 209 g/mol. The highest BCUT2D eigenvalue weighted by Gasteiger charge is 2.24. The van der Waals surface area contributed by atoms with Crippen LogP contribution in [0.15, 0.2) is 0 Å². The molecule has 0 fully saturated rings. The van der Waals surface area contributed by atoms with Crippen LogP contribution in [-0.2, 0) is 14.3 Å². The maximum atomic E-state index is 12.0. The average Bonchev–Trinajstić information content (AvgIpc) is 2.13. The van der Waals surface area contributed by atoms with Crippen LogP contribution in [0.3, 0.4) is 0 Å². The zero-order valence-electron chi connectivity index (χ0n) is 8.13. The largest absolute Gasteiger partial charge is 0.465 e. The van der Waals surface area contributed by atoms with E-state index in [1.807, 2.05) is 0 Å². The Bertz CT molecular complexity index is 209. The summed E-state index contributed by atoms with van der Waals surface area (Å²) in [6, 6.07) is 0. The highest BCUT2D eigenvalue weighted by atomic mass is 19.3. The van der Waals surface area contributed by atoms with Gasteiger partial charge in [0.05, 0.1) is 6.61 Å². The summed E-state index contributed by atoms with van der Waals surface area (Å²) < 4.78 is 28.4. The Morgan fingerprint density at radius 1 is 1.36 bits per heavy atom. The molecule has 0 radical (unpaired) electrons. The van der Waals surface area contributed by atoms with Crippen molar-refractivity contribution in [2.75, 3.05) is 19.7 Å². The Morgan fingerprint density at radius 3 is 2.29 bits per heavy atom. The van der Waals surface area contributed by atoms with Gasteiger partial charge in [-0.2, -0.15) is 8.78 Å². The van der Waals surface area contributed by atoms with Crippen LogP contribution in [0.4, 0.5) is 8.78 Å². The van der Waals surface area contributed by atoms with Gasteiger partial charge in [0, 0.05) is 6.54 Å². The van der Waals surface area contributed by atoms with Gasteiger partial charge in [-0.25, -0.2) is 0 Å². The number of ether oxygens (including phenoxy) is 1. The minimum Gasteiger partial charge on any atom is -0.465 e. The summed E-state index contributed by atoms with van der Waals surface area (Å²) in [5.74, 6) is -2.02. The van der Waals surface area contributed by atoms with E-state index in [2.05, 4.69) is 4.74 Å². The molecule has 14 heavy (non-hydrogen) atoms. The quantitative estimate of drug-likeness (QED) is 0.625. The van der Waals surface area contributed by atoms with Crippen molar-refractivity contribution in [1.29, 1.82) is 0 Å². The van der Waals surface area contributed by atoms with E-state index in [4.69, 9.17) is 0 Å². The summed E-state index contributed by atoms with van der Waals surface area (Å²) in [5, 5.41) is 0. The van der Waals surface area contributed by atoms with Crippen LogP contribution in [0.1, 0.15) is 13.8 Å². The molecule has 0 heterocycles. The first-order valence-corrected chi connectivity index (χ1v) is 4.25. The predicted octanol–water partition coefficient (Wildman–Crippen LogP) is 0.663. The Hall–Kier alpha value is -1.20. The summed E-state index contributed by atoms with van der Waals surface area (Å²) >= 11 is 0. The zero-order valence-corrected chi connectivity index (χ0v) is 8.13. The Kier molecular flexibility index (Phi) is 5.74. The maximum Gasteiger partial charge on any atom is 0.325 e. The molecule has 0 bridgehead atoms. The van der Waals surface area contributed by atoms with Gasteiger partial charge in [-0.3, -0.25) is 9.59 Å². The van der Waals surface area contributed by atoms with Gasteiger partial charge >= 0.3 is 12.4 Å². The maximum absolute atomic E-state index is 12.0. The van der Waals surface area contributed by atoms with Crippen LogP contribution in [0.2, 0.25) is 0 Å². The van der Waals surface area contributed by atoms with Gasteiger partial charge in [0.15, 0.2) is 0 Å². The lowest BCUT2D eigenvalue weighted by molar-refractivity contribution is -0.153. The number of hydrogen-bond donors (Lipinski definition) is 0. The number of alkyl halides is 2. The Morgan fingerprint density at radius 2 is 1.93 bits per heavy atom. The van der Waals surface area contributed by atoms with Gasteiger partial charge in [0.2, 0.25) is 0 Å². The highest BCUT2D eigenvalue weighted by Crippen LogP contribution is 2.00. The number of esters is 1. The fraction of sp³-hybridized carbons (Fsp3) is 0.750. The summed E-state index contributed by atoms with van der Waals surface area (Å²) in [4.78, 5) is 22.4. The van der Waals surface area contributed by atoms with Gasteiger partial charge in [-0.05, 0) is 13.8 Å². The number of hydrogen-bond acceptors (Lipinski definition) is 3. The van der Waals surface area contributed by atoms with Crippen LogP contribution < -0.4 is 0 Å². The molecule has 6 heteroatoms. The molecule has 0 aliphatic rings. The van der Waals surface area contributed by atoms with Gasteiger partial charge in [-0.15, -0.1) is 0 Å². The van der Waals surface area contributed by atoms with Crippen molar-refractivity contribution in [3.63, 3.8) is 0 Å². The molecular formula is C8H13F2NO3. The first kappa shape index (κ1) is 12.8. The van der Waals surface area contributed by atoms with E-state index in [0.29, 0.717) is 0 Å². The summed E-state index contributed by atoms with van der Waals surface area (Å²) in [6.07, 6.45) is -3.08. The van der Waals surface area contributed by atoms with E-state index >= 15 is 0 Å². The number of amides is 1. The van der Waals surface area contributed by atoms with Crippen molar-refractivity contribution in [2.24, 2.45) is 0 Å².